The van der Waals surface area contributed by atoms with E-state index in [1.165, 1.54) is 6.20 Å². The number of alkyl halides is 3. The van der Waals surface area contributed by atoms with Crippen molar-refractivity contribution >= 4 is 17.4 Å². The fraction of sp³-hybridized carbons (Fsp3) is 0.565. The molecule has 2 atom stereocenters. The van der Waals surface area contributed by atoms with Crippen LogP contribution in [0.25, 0.3) is 0 Å². The molecule has 2 aliphatic rings. The van der Waals surface area contributed by atoms with Crippen molar-refractivity contribution in [3.05, 3.63) is 39.9 Å². The van der Waals surface area contributed by atoms with Crippen molar-refractivity contribution in [1.82, 2.24) is 20.1 Å². The summed E-state index contributed by atoms with van der Waals surface area (Å²) < 4.78 is 50.4. The number of carbonyl (C=O) groups is 1. The Labute approximate surface area is 205 Å². The Morgan fingerprint density at radius 2 is 2.17 bits per heavy atom. The molecule has 10 nitrogen and oxygen atoms in total. The molecule has 0 saturated carbocycles. The Bertz CT molecular complexity index is 1140. The van der Waals surface area contributed by atoms with Gasteiger partial charge in [0.15, 0.2) is 11.6 Å². The maximum absolute atomic E-state index is 13.1. The van der Waals surface area contributed by atoms with Gasteiger partial charge in [0.1, 0.15) is 0 Å². The summed E-state index contributed by atoms with van der Waals surface area (Å²) in [6, 6.07) is 0.801. The number of hydrogen-bond acceptors (Lipinski definition) is 8. The van der Waals surface area contributed by atoms with Crippen LogP contribution < -0.4 is 20.5 Å². The number of amides is 1. The number of nitrogens with one attached hydrogen (secondary N) is 2. The zero-order valence-corrected chi connectivity index (χ0v) is 20.1. The van der Waals surface area contributed by atoms with E-state index in [0.29, 0.717) is 49.7 Å². The number of fused-ring (bicyclic) bond motifs is 3. The highest BCUT2D eigenvalue weighted by Gasteiger charge is 2.36. The average Bonchev–Trinajstić information content (AvgIpc) is 3.02. The largest absolute Gasteiger partial charge is 0.490 e. The van der Waals surface area contributed by atoms with Gasteiger partial charge >= 0.3 is 6.18 Å². The molecule has 0 aromatic carbocycles. The van der Waals surface area contributed by atoms with Gasteiger partial charge in [-0.1, -0.05) is 0 Å². The number of hydrogen-bond donors (Lipinski definition) is 2. The number of pyridine rings is 1. The average molecular weight is 511 g/mol. The van der Waals surface area contributed by atoms with E-state index < -0.39 is 11.7 Å². The van der Waals surface area contributed by atoms with Crippen LogP contribution in [0.15, 0.2) is 23.3 Å². The smallest absolute Gasteiger partial charge is 0.418 e. The maximum Gasteiger partial charge on any atom is 0.418 e. The molecule has 4 heterocycles. The number of piperazine rings is 1. The summed E-state index contributed by atoms with van der Waals surface area (Å²) in [6.07, 6.45) is -1.35. The molecule has 2 aromatic rings. The maximum atomic E-state index is 13.1. The van der Waals surface area contributed by atoms with E-state index in [9.17, 15) is 22.8 Å². The number of halogens is 3. The molecule has 1 amide bonds. The lowest BCUT2D eigenvalue weighted by Crippen LogP contribution is -2.55. The van der Waals surface area contributed by atoms with Gasteiger partial charge < -0.3 is 24.6 Å². The first kappa shape index (κ1) is 25.7. The van der Waals surface area contributed by atoms with E-state index >= 15 is 0 Å². The molecule has 2 aliphatic heterocycles. The molecule has 2 N–H and O–H groups in total. The summed E-state index contributed by atoms with van der Waals surface area (Å²) in [5.74, 6) is 0.457. The van der Waals surface area contributed by atoms with Crippen LogP contribution in [0, 0.1) is 6.92 Å². The Kier molecular flexibility index (Phi) is 7.67. The van der Waals surface area contributed by atoms with Gasteiger partial charge in [0, 0.05) is 43.9 Å². The molecular formula is C23H29F3N6O4. The Morgan fingerprint density at radius 3 is 2.94 bits per heavy atom. The standard InChI is InChI=1S/C23H29F3N6O4/c1-14(29-18-11-28-30-22(34)15(18)2)13-35-7-4-20(33)31-5-6-32-17(12-31)3-8-36-19-9-16(23(24,25)26)10-27-21(19)32/h9-11,14,17H,3-8,12-13H2,1-2H3,(H2,29,30,34)/t14-,17?/m0/s1. The van der Waals surface area contributed by atoms with Crippen LogP contribution in [-0.2, 0) is 15.7 Å². The first-order valence-corrected chi connectivity index (χ1v) is 11.8. The molecule has 2 aromatic heterocycles. The summed E-state index contributed by atoms with van der Waals surface area (Å²) in [5.41, 5.74) is 0.0576. The van der Waals surface area contributed by atoms with Gasteiger partial charge in [0.05, 0.1) is 49.7 Å². The molecule has 4 rings (SSSR count). The summed E-state index contributed by atoms with van der Waals surface area (Å²) >= 11 is 0. The molecule has 36 heavy (non-hydrogen) atoms. The summed E-state index contributed by atoms with van der Waals surface area (Å²) in [5, 5.41) is 9.32. The Hall–Kier alpha value is -3.35. The highest BCUT2D eigenvalue weighted by molar-refractivity contribution is 5.76. The molecule has 1 unspecified atom stereocenters. The first-order chi connectivity index (χ1) is 17.1. The van der Waals surface area contributed by atoms with Gasteiger partial charge in [0.2, 0.25) is 5.91 Å². The normalized spacial score (nSPS) is 18.5. The van der Waals surface area contributed by atoms with E-state index in [-0.39, 0.29) is 48.9 Å². The van der Waals surface area contributed by atoms with Gasteiger partial charge in [-0.3, -0.25) is 9.59 Å². The molecule has 0 radical (unpaired) electrons. The summed E-state index contributed by atoms with van der Waals surface area (Å²) in [6.45, 7) is 5.77. The summed E-state index contributed by atoms with van der Waals surface area (Å²) in [7, 11) is 0. The topological polar surface area (TPSA) is 113 Å². The van der Waals surface area contributed by atoms with Crippen molar-refractivity contribution in [2.24, 2.45) is 0 Å². The number of aromatic nitrogens is 3. The zero-order valence-electron chi connectivity index (χ0n) is 20.1. The lowest BCUT2D eigenvalue weighted by Gasteiger charge is -2.41. The molecule has 0 spiro atoms. The monoisotopic (exact) mass is 510 g/mol. The van der Waals surface area contributed by atoms with Crippen molar-refractivity contribution < 1.29 is 27.4 Å². The number of H-pyrrole nitrogens is 1. The first-order valence-electron chi connectivity index (χ1n) is 11.8. The minimum Gasteiger partial charge on any atom is -0.490 e. The van der Waals surface area contributed by atoms with Crippen molar-refractivity contribution in [2.75, 3.05) is 49.7 Å². The lowest BCUT2D eigenvalue weighted by atomic mass is 10.1. The van der Waals surface area contributed by atoms with Crippen LogP contribution in [0.1, 0.15) is 30.9 Å². The quantitative estimate of drug-likeness (QED) is 0.546. The molecule has 196 valence electrons. The molecular weight excluding hydrogens is 481 g/mol. The second-order valence-corrected chi connectivity index (χ2v) is 8.98. The third-order valence-electron chi connectivity index (χ3n) is 6.31. The van der Waals surface area contributed by atoms with Crippen LogP contribution in [0.5, 0.6) is 5.75 Å². The predicted octanol–water partition coefficient (Wildman–Crippen LogP) is 2.20. The predicted molar refractivity (Wildman–Crippen MR) is 125 cm³/mol. The van der Waals surface area contributed by atoms with Crippen LogP contribution in [0.4, 0.5) is 24.7 Å². The van der Waals surface area contributed by atoms with Gasteiger partial charge in [-0.2, -0.15) is 18.3 Å². The number of rotatable bonds is 7. The van der Waals surface area contributed by atoms with Gasteiger partial charge in [-0.25, -0.2) is 10.1 Å². The minimum absolute atomic E-state index is 0.0457. The third-order valence-corrected chi connectivity index (χ3v) is 6.31. The number of nitrogens with zero attached hydrogens (tertiary/aromatic N) is 4. The third kappa shape index (κ3) is 5.89. The van der Waals surface area contributed by atoms with E-state index in [1.807, 2.05) is 11.8 Å². The Balaban J connectivity index is 1.25. The fourth-order valence-electron chi connectivity index (χ4n) is 4.32. The van der Waals surface area contributed by atoms with Crippen molar-refractivity contribution in [1.29, 1.82) is 0 Å². The second-order valence-electron chi connectivity index (χ2n) is 8.98. The molecule has 1 fully saturated rings. The van der Waals surface area contributed by atoms with E-state index in [2.05, 4.69) is 20.5 Å². The number of anilines is 2. The van der Waals surface area contributed by atoms with Crippen molar-refractivity contribution in [3.63, 3.8) is 0 Å². The van der Waals surface area contributed by atoms with Crippen LogP contribution in [0.3, 0.4) is 0 Å². The fourth-order valence-corrected chi connectivity index (χ4v) is 4.32. The summed E-state index contributed by atoms with van der Waals surface area (Å²) in [4.78, 5) is 32.1. The molecule has 1 saturated heterocycles. The highest BCUT2D eigenvalue weighted by atomic mass is 19.4. The Morgan fingerprint density at radius 1 is 1.36 bits per heavy atom. The number of ether oxygens (including phenoxy) is 2. The van der Waals surface area contributed by atoms with E-state index in [0.717, 1.165) is 12.3 Å². The van der Waals surface area contributed by atoms with Gasteiger partial charge in [-0.05, 0) is 19.9 Å². The molecule has 0 aliphatic carbocycles. The lowest BCUT2D eigenvalue weighted by molar-refractivity contribution is -0.138. The highest BCUT2D eigenvalue weighted by Crippen LogP contribution is 2.38. The SMILES string of the molecule is Cc1c(N[C@@H](C)COCCC(=O)N2CCN3c4ncc(C(F)(F)F)cc4OCCC3C2)cn[nH]c1=O. The van der Waals surface area contributed by atoms with E-state index in [1.54, 1.807) is 11.8 Å². The van der Waals surface area contributed by atoms with E-state index in [4.69, 9.17) is 9.47 Å². The van der Waals surface area contributed by atoms with Crippen molar-refractivity contribution in [2.45, 2.75) is 44.9 Å². The zero-order chi connectivity index (χ0) is 25.9. The number of aromatic amines is 1. The second kappa shape index (κ2) is 10.7. The van der Waals surface area contributed by atoms with Crippen molar-refractivity contribution in [3.8, 4) is 5.75 Å². The van der Waals surface area contributed by atoms with Crippen LogP contribution in [-0.4, -0.2) is 77.5 Å². The van der Waals surface area contributed by atoms with Crippen LogP contribution in [0.2, 0.25) is 0 Å². The van der Waals surface area contributed by atoms with Gasteiger partial charge in [-0.15, -0.1) is 0 Å². The van der Waals surface area contributed by atoms with Gasteiger partial charge in [0.25, 0.3) is 5.56 Å². The van der Waals surface area contributed by atoms with Crippen LogP contribution >= 0.6 is 0 Å². The number of carbonyl (C=O) groups excluding carboxylic acids is 1. The molecule has 0 bridgehead atoms. The molecule has 13 heteroatoms. The minimum atomic E-state index is -4.49.